The fourth-order valence-corrected chi connectivity index (χ4v) is 1.52. The predicted octanol–water partition coefficient (Wildman–Crippen LogP) is 2.28. The average molecular weight is 231 g/mol. The minimum absolute atomic E-state index is 0.200. The summed E-state index contributed by atoms with van der Waals surface area (Å²) < 4.78 is 35.3. The van der Waals surface area contributed by atoms with E-state index in [1.807, 2.05) is 6.92 Å². The number of hydrogen-bond acceptors (Lipinski definition) is 3. The van der Waals surface area contributed by atoms with E-state index in [4.69, 9.17) is 15.2 Å². The molecule has 0 heterocycles. The molecular weight excluding hydrogens is 216 g/mol. The zero-order chi connectivity index (χ0) is 12.3. The Morgan fingerprint density at radius 2 is 1.56 bits per heavy atom. The van der Waals surface area contributed by atoms with Gasteiger partial charge in [0.05, 0.1) is 25.8 Å². The number of nitrogens with two attached hydrogens (primary N) is 1. The molecule has 90 valence electrons. The largest absolute Gasteiger partial charge is 0.496 e. The molecule has 0 saturated heterocycles. The standard InChI is InChI=1S/C11H15F2NO2/c1-6-4-7(15-2)9(8(5-6)16-3)10(14)11(12)13/h4-5,10-11H,14H2,1-3H3/t10-/m1/s1. The highest BCUT2D eigenvalue weighted by atomic mass is 19.3. The van der Waals surface area contributed by atoms with Crippen LogP contribution in [0.25, 0.3) is 0 Å². The molecule has 1 atom stereocenters. The Balaban J connectivity index is 3.32. The molecule has 0 aliphatic rings. The molecule has 16 heavy (non-hydrogen) atoms. The second-order valence-corrected chi connectivity index (χ2v) is 3.44. The van der Waals surface area contributed by atoms with Crippen LogP contribution >= 0.6 is 0 Å². The first-order valence-electron chi connectivity index (χ1n) is 4.77. The second-order valence-electron chi connectivity index (χ2n) is 3.44. The first kappa shape index (κ1) is 12.7. The van der Waals surface area contributed by atoms with Crippen molar-refractivity contribution in [2.24, 2.45) is 5.73 Å². The molecule has 0 aliphatic carbocycles. The van der Waals surface area contributed by atoms with Crippen molar-refractivity contribution in [3.05, 3.63) is 23.3 Å². The van der Waals surface area contributed by atoms with Gasteiger partial charge in [0.1, 0.15) is 11.5 Å². The normalized spacial score (nSPS) is 12.7. The molecule has 1 aromatic carbocycles. The molecule has 1 aromatic rings. The lowest BCUT2D eigenvalue weighted by atomic mass is 10.0. The highest BCUT2D eigenvalue weighted by Gasteiger charge is 2.25. The van der Waals surface area contributed by atoms with Gasteiger partial charge in [0.2, 0.25) is 0 Å². The zero-order valence-corrected chi connectivity index (χ0v) is 9.46. The Hall–Kier alpha value is -1.36. The third kappa shape index (κ3) is 2.41. The van der Waals surface area contributed by atoms with Crippen molar-refractivity contribution in [3.8, 4) is 11.5 Å². The zero-order valence-electron chi connectivity index (χ0n) is 9.46. The predicted molar refractivity (Wildman–Crippen MR) is 57.2 cm³/mol. The molecule has 1 rings (SSSR count). The number of alkyl halides is 2. The van der Waals surface area contributed by atoms with E-state index in [-0.39, 0.29) is 5.56 Å². The van der Waals surface area contributed by atoms with E-state index in [1.165, 1.54) is 14.2 Å². The molecule has 0 spiro atoms. The van der Waals surface area contributed by atoms with Gasteiger partial charge in [-0.2, -0.15) is 0 Å². The van der Waals surface area contributed by atoms with E-state index in [9.17, 15) is 8.78 Å². The molecule has 0 fully saturated rings. The van der Waals surface area contributed by atoms with Crippen LogP contribution in [-0.4, -0.2) is 20.6 Å². The molecule has 5 heteroatoms. The van der Waals surface area contributed by atoms with Crippen LogP contribution in [0.1, 0.15) is 17.2 Å². The van der Waals surface area contributed by atoms with Crippen molar-refractivity contribution >= 4 is 0 Å². The van der Waals surface area contributed by atoms with E-state index < -0.39 is 12.5 Å². The van der Waals surface area contributed by atoms with Gasteiger partial charge < -0.3 is 15.2 Å². The van der Waals surface area contributed by atoms with Crippen molar-refractivity contribution in [3.63, 3.8) is 0 Å². The maximum Gasteiger partial charge on any atom is 0.257 e. The number of halogens is 2. The number of aryl methyl sites for hydroxylation is 1. The van der Waals surface area contributed by atoms with Gasteiger partial charge in [-0.3, -0.25) is 0 Å². The third-order valence-corrected chi connectivity index (χ3v) is 2.29. The van der Waals surface area contributed by atoms with Gasteiger partial charge in [-0.05, 0) is 24.6 Å². The SMILES string of the molecule is COc1cc(C)cc(OC)c1[C@@H](N)C(F)F. The van der Waals surface area contributed by atoms with Gasteiger partial charge in [0.25, 0.3) is 6.43 Å². The number of benzene rings is 1. The molecule has 3 nitrogen and oxygen atoms in total. The minimum atomic E-state index is -2.66. The molecule has 0 saturated carbocycles. The van der Waals surface area contributed by atoms with Crippen LogP contribution in [0.15, 0.2) is 12.1 Å². The molecular formula is C11H15F2NO2. The van der Waals surface area contributed by atoms with Gasteiger partial charge in [-0.25, -0.2) is 8.78 Å². The third-order valence-electron chi connectivity index (χ3n) is 2.29. The van der Waals surface area contributed by atoms with Crippen LogP contribution in [0, 0.1) is 6.92 Å². The van der Waals surface area contributed by atoms with E-state index in [2.05, 4.69) is 0 Å². The van der Waals surface area contributed by atoms with Gasteiger partial charge in [0, 0.05) is 0 Å². The number of ether oxygens (including phenoxy) is 2. The highest BCUT2D eigenvalue weighted by molar-refractivity contribution is 5.49. The summed E-state index contributed by atoms with van der Waals surface area (Å²) in [6.45, 7) is 1.82. The summed E-state index contributed by atoms with van der Waals surface area (Å²) >= 11 is 0. The summed E-state index contributed by atoms with van der Waals surface area (Å²) in [5.41, 5.74) is 6.49. The van der Waals surface area contributed by atoms with Gasteiger partial charge in [-0.15, -0.1) is 0 Å². The van der Waals surface area contributed by atoms with E-state index in [0.29, 0.717) is 11.5 Å². The summed E-state index contributed by atoms with van der Waals surface area (Å²) in [6.07, 6.45) is -2.66. The van der Waals surface area contributed by atoms with Crippen LogP contribution in [0.2, 0.25) is 0 Å². The molecule has 0 aromatic heterocycles. The van der Waals surface area contributed by atoms with Crippen LogP contribution in [0.3, 0.4) is 0 Å². The van der Waals surface area contributed by atoms with E-state index in [1.54, 1.807) is 12.1 Å². The quantitative estimate of drug-likeness (QED) is 0.864. The lowest BCUT2D eigenvalue weighted by Gasteiger charge is -2.19. The Bertz CT molecular complexity index is 344. The molecule has 0 bridgehead atoms. The second kappa shape index (κ2) is 5.12. The monoisotopic (exact) mass is 231 g/mol. The van der Waals surface area contributed by atoms with E-state index >= 15 is 0 Å². The lowest BCUT2D eigenvalue weighted by Crippen LogP contribution is -2.20. The van der Waals surface area contributed by atoms with Crippen molar-refractivity contribution < 1.29 is 18.3 Å². The Morgan fingerprint density at radius 1 is 1.12 bits per heavy atom. The minimum Gasteiger partial charge on any atom is -0.496 e. The first-order valence-corrected chi connectivity index (χ1v) is 4.77. The van der Waals surface area contributed by atoms with Crippen LogP contribution in [-0.2, 0) is 0 Å². The molecule has 0 aliphatic heterocycles. The van der Waals surface area contributed by atoms with Crippen molar-refractivity contribution in [2.45, 2.75) is 19.4 Å². The fraction of sp³-hybridized carbons (Fsp3) is 0.455. The topological polar surface area (TPSA) is 44.5 Å². The molecule has 2 N–H and O–H groups in total. The summed E-state index contributed by atoms with van der Waals surface area (Å²) in [7, 11) is 2.83. The Labute approximate surface area is 93.2 Å². The van der Waals surface area contributed by atoms with E-state index in [0.717, 1.165) is 5.56 Å². The van der Waals surface area contributed by atoms with Crippen molar-refractivity contribution in [1.82, 2.24) is 0 Å². The van der Waals surface area contributed by atoms with Crippen LogP contribution in [0.5, 0.6) is 11.5 Å². The smallest absolute Gasteiger partial charge is 0.257 e. The summed E-state index contributed by atoms with van der Waals surface area (Å²) in [5.74, 6) is 0.648. The van der Waals surface area contributed by atoms with Crippen molar-refractivity contribution in [2.75, 3.05) is 14.2 Å². The number of rotatable bonds is 4. The maximum atomic E-state index is 12.6. The van der Waals surface area contributed by atoms with Crippen molar-refractivity contribution in [1.29, 1.82) is 0 Å². The first-order chi connectivity index (χ1) is 7.51. The highest BCUT2D eigenvalue weighted by Crippen LogP contribution is 2.36. The molecule has 0 amide bonds. The number of methoxy groups -OCH3 is 2. The fourth-order valence-electron chi connectivity index (χ4n) is 1.52. The van der Waals surface area contributed by atoms with Gasteiger partial charge >= 0.3 is 0 Å². The maximum absolute atomic E-state index is 12.6. The summed E-state index contributed by atoms with van der Waals surface area (Å²) in [6, 6.07) is 1.89. The van der Waals surface area contributed by atoms with Gasteiger partial charge in [0.15, 0.2) is 0 Å². The summed E-state index contributed by atoms with van der Waals surface area (Å²) in [5, 5.41) is 0. The Morgan fingerprint density at radius 3 is 1.88 bits per heavy atom. The molecule has 0 unspecified atom stereocenters. The summed E-state index contributed by atoms with van der Waals surface area (Å²) in [4.78, 5) is 0. The lowest BCUT2D eigenvalue weighted by molar-refractivity contribution is 0.113. The van der Waals surface area contributed by atoms with Crippen LogP contribution < -0.4 is 15.2 Å². The average Bonchev–Trinajstić information content (AvgIpc) is 2.26. The van der Waals surface area contributed by atoms with Crippen LogP contribution in [0.4, 0.5) is 8.78 Å². The number of hydrogen-bond donors (Lipinski definition) is 1. The molecule has 0 radical (unpaired) electrons. The van der Waals surface area contributed by atoms with Gasteiger partial charge in [-0.1, -0.05) is 0 Å². The Kier molecular flexibility index (Phi) is 4.06.